The lowest BCUT2D eigenvalue weighted by Crippen LogP contribution is -2.45. The Balaban J connectivity index is 1.69. The first-order valence-corrected chi connectivity index (χ1v) is 8.45. The third kappa shape index (κ3) is 5.05. The monoisotopic (exact) mass is 267 g/mol. The van der Waals surface area contributed by atoms with Crippen LogP contribution in [0.4, 0.5) is 0 Å². The fraction of sp³-hybridized carbons (Fsp3) is 1.00. The highest BCUT2D eigenvalue weighted by atomic mass is 15.2. The van der Waals surface area contributed by atoms with Crippen molar-refractivity contribution in [2.75, 3.05) is 39.8 Å². The Hall–Kier alpha value is -0.120. The minimum absolute atomic E-state index is 0.748. The van der Waals surface area contributed by atoms with Gasteiger partial charge in [-0.25, -0.2) is 0 Å². The minimum Gasteiger partial charge on any atom is -0.313 e. The van der Waals surface area contributed by atoms with E-state index in [9.17, 15) is 0 Å². The molecule has 3 nitrogen and oxygen atoms in total. The third-order valence-corrected chi connectivity index (χ3v) is 5.04. The van der Waals surface area contributed by atoms with Gasteiger partial charge in [-0.15, -0.1) is 0 Å². The number of hydrogen-bond acceptors (Lipinski definition) is 3. The summed E-state index contributed by atoms with van der Waals surface area (Å²) in [7, 11) is 2.31. The molecule has 2 atom stereocenters. The van der Waals surface area contributed by atoms with E-state index in [-0.39, 0.29) is 0 Å². The van der Waals surface area contributed by atoms with Crippen molar-refractivity contribution in [1.82, 2.24) is 15.1 Å². The second-order valence-electron chi connectivity index (χ2n) is 6.46. The Kier molecular flexibility index (Phi) is 6.62. The molecule has 0 radical (unpaired) electrons. The van der Waals surface area contributed by atoms with Gasteiger partial charge in [0.15, 0.2) is 0 Å². The van der Waals surface area contributed by atoms with E-state index < -0.39 is 0 Å². The van der Waals surface area contributed by atoms with Crippen molar-refractivity contribution in [3.05, 3.63) is 0 Å². The lowest BCUT2D eigenvalue weighted by atomic mass is 9.99. The highest BCUT2D eigenvalue weighted by molar-refractivity contribution is 4.79. The standard InChI is InChI=1S/C16H33N3/c1-3-19(14-15-8-4-6-11-17-15)13-10-16-9-5-7-12-18(16)2/h15-17H,3-14H2,1-2H3. The quantitative estimate of drug-likeness (QED) is 0.797. The number of nitrogens with one attached hydrogen (secondary N) is 1. The molecule has 0 aromatic rings. The number of hydrogen-bond donors (Lipinski definition) is 1. The molecule has 0 saturated carbocycles. The van der Waals surface area contributed by atoms with Crippen molar-refractivity contribution in [2.45, 2.75) is 64.0 Å². The third-order valence-electron chi connectivity index (χ3n) is 5.04. The molecule has 1 N–H and O–H groups in total. The average molecular weight is 267 g/mol. The molecule has 2 heterocycles. The summed E-state index contributed by atoms with van der Waals surface area (Å²) < 4.78 is 0. The van der Waals surface area contributed by atoms with Crippen molar-refractivity contribution in [3.8, 4) is 0 Å². The molecule has 0 amide bonds. The Labute approximate surface area is 119 Å². The molecule has 3 heteroatoms. The highest BCUT2D eigenvalue weighted by Crippen LogP contribution is 2.18. The fourth-order valence-corrected chi connectivity index (χ4v) is 3.61. The molecule has 19 heavy (non-hydrogen) atoms. The molecule has 2 aliphatic heterocycles. The van der Waals surface area contributed by atoms with Gasteiger partial charge in [0.1, 0.15) is 0 Å². The molecule has 0 aromatic carbocycles. The van der Waals surface area contributed by atoms with Crippen molar-refractivity contribution in [1.29, 1.82) is 0 Å². The lowest BCUT2D eigenvalue weighted by molar-refractivity contribution is 0.149. The van der Waals surface area contributed by atoms with E-state index in [4.69, 9.17) is 0 Å². The largest absolute Gasteiger partial charge is 0.313 e. The van der Waals surface area contributed by atoms with Crippen LogP contribution in [0.5, 0.6) is 0 Å². The molecule has 0 spiro atoms. The van der Waals surface area contributed by atoms with Gasteiger partial charge >= 0.3 is 0 Å². The summed E-state index contributed by atoms with van der Waals surface area (Å²) in [5, 5.41) is 3.68. The van der Waals surface area contributed by atoms with E-state index >= 15 is 0 Å². The molecule has 2 fully saturated rings. The predicted molar refractivity (Wildman–Crippen MR) is 82.6 cm³/mol. The number of likely N-dealkylation sites (N-methyl/N-ethyl adjacent to an activating group) is 1. The molecule has 2 unspecified atom stereocenters. The van der Waals surface area contributed by atoms with Gasteiger partial charge in [-0.05, 0) is 65.3 Å². The van der Waals surface area contributed by atoms with Crippen molar-refractivity contribution >= 4 is 0 Å². The van der Waals surface area contributed by atoms with Crippen LogP contribution in [0.3, 0.4) is 0 Å². The Bertz CT molecular complexity index is 238. The maximum Gasteiger partial charge on any atom is 0.0195 e. The molecule has 0 aliphatic carbocycles. The predicted octanol–water partition coefficient (Wildman–Crippen LogP) is 2.32. The Morgan fingerprint density at radius 2 is 2.00 bits per heavy atom. The highest BCUT2D eigenvalue weighted by Gasteiger charge is 2.20. The Morgan fingerprint density at radius 1 is 1.16 bits per heavy atom. The summed E-state index contributed by atoms with van der Waals surface area (Å²) in [5.74, 6) is 0. The molecule has 0 bridgehead atoms. The van der Waals surface area contributed by atoms with Crippen LogP contribution in [0, 0.1) is 0 Å². The normalized spacial score (nSPS) is 29.8. The van der Waals surface area contributed by atoms with Gasteiger partial charge in [0.05, 0.1) is 0 Å². The number of rotatable bonds is 6. The van der Waals surface area contributed by atoms with E-state index in [1.165, 1.54) is 77.7 Å². The van der Waals surface area contributed by atoms with Crippen LogP contribution in [0.2, 0.25) is 0 Å². The van der Waals surface area contributed by atoms with Crippen LogP contribution in [0.25, 0.3) is 0 Å². The van der Waals surface area contributed by atoms with E-state index in [1.807, 2.05) is 0 Å². The first kappa shape index (κ1) is 15.3. The van der Waals surface area contributed by atoms with Gasteiger partial charge in [-0.3, -0.25) is 0 Å². The zero-order chi connectivity index (χ0) is 13.5. The van der Waals surface area contributed by atoms with Crippen LogP contribution in [-0.2, 0) is 0 Å². The Morgan fingerprint density at radius 3 is 2.68 bits per heavy atom. The van der Waals surface area contributed by atoms with Crippen molar-refractivity contribution in [2.24, 2.45) is 0 Å². The molecular formula is C16H33N3. The molecule has 2 rings (SSSR count). The summed E-state index contributed by atoms with van der Waals surface area (Å²) in [4.78, 5) is 5.24. The fourth-order valence-electron chi connectivity index (χ4n) is 3.61. The summed E-state index contributed by atoms with van der Waals surface area (Å²) in [6, 6.07) is 1.58. The number of likely N-dealkylation sites (tertiary alicyclic amines) is 1. The minimum atomic E-state index is 0.748. The second-order valence-corrected chi connectivity index (χ2v) is 6.46. The van der Waals surface area contributed by atoms with Gasteiger partial charge < -0.3 is 15.1 Å². The summed E-state index contributed by atoms with van der Waals surface area (Å²) in [5.41, 5.74) is 0. The van der Waals surface area contributed by atoms with Crippen LogP contribution >= 0.6 is 0 Å². The van der Waals surface area contributed by atoms with Gasteiger partial charge in [0.25, 0.3) is 0 Å². The van der Waals surface area contributed by atoms with E-state index in [1.54, 1.807) is 0 Å². The lowest BCUT2D eigenvalue weighted by Gasteiger charge is -2.35. The van der Waals surface area contributed by atoms with Gasteiger partial charge in [-0.2, -0.15) is 0 Å². The average Bonchev–Trinajstić information content (AvgIpc) is 2.46. The van der Waals surface area contributed by atoms with Gasteiger partial charge in [0.2, 0.25) is 0 Å². The second kappa shape index (κ2) is 8.23. The number of piperidine rings is 2. The maximum absolute atomic E-state index is 3.68. The topological polar surface area (TPSA) is 18.5 Å². The van der Waals surface area contributed by atoms with E-state index in [0.717, 1.165) is 12.1 Å². The van der Waals surface area contributed by atoms with E-state index in [0.29, 0.717) is 0 Å². The van der Waals surface area contributed by atoms with Crippen LogP contribution < -0.4 is 5.32 Å². The molecule has 2 aliphatic rings. The zero-order valence-electron chi connectivity index (χ0n) is 13.0. The summed E-state index contributed by atoms with van der Waals surface area (Å²) in [6.07, 6.45) is 9.77. The van der Waals surface area contributed by atoms with Crippen LogP contribution in [0.15, 0.2) is 0 Å². The SMILES string of the molecule is CCN(CCC1CCCCN1C)CC1CCCCN1. The first-order chi connectivity index (χ1) is 9.29. The molecule has 0 aromatic heterocycles. The maximum atomic E-state index is 3.68. The molecule has 2 saturated heterocycles. The van der Waals surface area contributed by atoms with E-state index in [2.05, 4.69) is 29.1 Å². The summed E-state index contributed by atoms with van der Waals surface area (Å²) >= 11 is 0. The molecule has 112 valence electrons. The van der Waals surface area contributed by atoms with Gasteiger partial charge in [0, 0.05) is 18.6 Å². The first-order valence-electron chi connectivity index (χ1n) is 8.45. The van der Waals surface area contributed by atoms with Crippen LogP contribution in [0.1, 0.15) is 51.9 Å². The van der Waals surface area contributed by atoms with Crippen molar-refractivity contribution in [3.63, 3.8) is 0 Å². The van der Waals surface area contributed by atoms with Gasteiger partial charge in [-0.1, -0.05) is 19.8 Å². The van der Waals surface area contributed by atoms with Crippen molar-refractivity contribution < 1.29 is 0 Å². The molecular weight excluding hydrogens is 234 g/mol. The zero-order valence-corrected chi connectivity index (χ0v) is 13.0. The van der Waals surface area contributed by atoms with Crippen LogP contribution in [-0.4, -0.2) is 61.7 Å². The smallest absolute Gasteiger partial charge is 0.0195 e. The number of nitrogens with zero attached hydrogens (tertiary/aromatic N) is 2. The summed E-state index contributed by atoms with van der Waals surface area (Å²) in [6.45, 7) is 8.59.